The second kappa shape index (κ2) is 12.5. The van der Waals surface area contributed by atoms with Gasteiger partial charge in [0.1, 0.15) is 5.75 Å². The molecule has 2 nitrogen and oxygen atoms in total. The van der Waals surface area contributed by atoms with Crippen LogP contribution in [0.25, 0.3) is 0 Å². The van der Waals surface area contributed by atoms with Crippen LogP contribution in [-0.2, 0) is 19.3 Å². The zero-order valence-corrected chi connectivity index (χ0v) is 16.7. The van der Waals surface area contributed by atoms with Crippen LogP contribution in [0.3, 0.4) is 0 Å². The molecule has 0 unspecified atom stereocenters. The number of aromatic nitrogens is 1. The van der Waals surface area contributed by atoms with Crippen molar-refractivity contribution in [2.45, 2.75) is 77.6 Å². The Labute approximate surface area is 160 Å². The number of pyridine rings is 1. The van der Waals surface area contributed by atoms with E-state index in [-0.39, 0.29) is 0 Å². The summed E-state index contributed by atoms with van der Waals surface area (Å²) in [5.41, 5.74) is 3.89. The molecule has 1 heterocycles. The average Bonchev–Trinajstić information content (AvgIpc) is 2.69. The normalized spacial score (nSPS) is 10.8. The molecule has 0 atom stereocenters. The van der Waals surface area contributed by atoms with E-state index >= 15 is 0 Å². The van der Waals surface area contributed by atoms with Crippen LogP contribution in [0.1, 0.15) is 75.1 Å². The Morgan fingerprint density at radius 1 is 0.692 bits per heavy atom. The van der Waals surface area contributed by atoms with E-state index in [1.165, 1.54) is 74.6 Å². The van der Waals surface area contributed by atoms with Gasteiger partial charge in [0.25, 0.3) is 0 Å². The van der Waals surface area contributed by atoms with Crippen molar-refractivity contribution in [3.8, 4) is 5.75 Å². The zero-order chi connectivity index (χ0) is 18.5. The van der Waals surface area contributed by atoms with E-state index in [1.807, 2.05) is 12.1 Å². The summed E-state index contributed by atoms with van der Waals surface area (Å²) in [4.78, 5) is 4.65. The molecule has 0 aliphatic heterocycles. The van der Waals surface area contributed by atoms with E-state index in [4.69, 9.17) is 4.74 Å². The summed E-state index contributed by atoms with van der Waals surface area (Å²) in [6, 6.07) is 12.8. The number of aryl methyl sites for hydroxylation is 3. The van der Waals surface area contributed by atoms with Gasteiger partial charge in [0.05, 0.1) is 7.11 Å². The maximum atomic E-state index is 5.20. The Morgan fingerprint density at radius 2 is 1.35 bits per heavy atom. The molecule has 0 radical (unpaired) electrons. The molecule has 0 fully saturated rings. The maximum Gasteiger partial charge on any atom is 0.118 e. The SMILES string of the molecule is CCCCCCCCCCc1ccc(CCc2ccc(OC)cc2)nc1. The first-order valence-corrected chi connectivity index (χ1v) is 10.4. The van der Waals surface area contributed by atoms with Crippen LogP contribution in [-0.4, -0.2) is 12.1 Å². The predicted octanol–water partition coefficient (Wildman–Crippen LogP) is 6.56. The quantitative estimate of drug-likeness (QED) is 0.380. The molecule has 2 rings (SSSR count). The maximum absolute atomic E-state index is 5.20. The lowest BCUT2D eigenvalue weighted by Gasteiger charge is -2.05. The van der Waals surface area contributed by atoms with E-state index in [9.17, 15) is 0 Å². The fourth-order valence-corrected chi connectivity index (χ4v) is 3.28. The molecule has 0 aliphatic carbocycles. The van der Waals surface area contributed by atoms with Crippen molar-refractivity contribution in [2.75, 3.05) is 7.11 Å². The highest BCUT2D eigenvalue weighted by Crippen LogP contribution is 2.14. The van der Waals surface area contributed by atoms with Crippen molar-refractivity contribution in [2.24, 2.45) is 0 Å². The first-order chi connectivity index (χ1) is 12.8. The summed E-state index contributed by atoms with van der Waals surface area (Å²) in [5.74, 6) is 0.914. The highest BCUT2D eigenvalue weighted by Gasteiger charge is 2.00. The molecule has 0 spiro atoms. The molecule has 0 saturated heterocycles. The van der Waals surface area contributed by atoms with Crippen LogP contribution < -0.4 is 4.74 Å². The molecule has 142 valence electrons. The van der Waals surface area contributed by atoms with Gasteiger partial charge in [-0.1, -0.05) is 70.1 Å². The summed E-state index contributed by atoms with van der Waals surface area (Å²) in [6.07, 6.45) is 16.3. The number of methoxy groups -OCH3 is 1. The molecule has 0 aliphatic rings. The minimum Gasteiger partial charge on any atom is -0.497 e. The number of nitrogens with zero attached hydrogens (tertiary/aromatic N) is 1. The summed E-state index contributed by atoms with van der Waals surface area (Å²) >= 11 is 0. The number of ether oxygens (including phenoxy) is 1. The van der Waals surface area contributed by atoms with Gasteiger partial charge in [-0.15, -0.1) is 0 Å². The molecular weight excluding hydrogens is 318 g/mol. The van der Waals surface area contributed by atoms with Crippen molar-refractivity contribution in [1.82, 2.24) is 4.98 Å². The van der Waals surface area contributed by atoms with Crippen molar-refractivity contribution in [3.63, 3.8) is 0 Å². The van der Waals surface area contributed by atoms with Crippen LogP contribution in [0, 0.1) is 0 Å². The smallest absolute Gasteiger partial charge is 0.118 e. The lowest BCUT2D eigenvalue weighted by Crippen LogP contribution is -1.96. The van der Waals surface area contributed by atoms with E-state index in [0.29, 0.717) is 0 Å². The molecule has 1 aromatic carbocycles. The van der Waals surface area contributed by atoms with Gasteiger partial charge in [-0.25, -0.2) is 0 Å². The minimum absolute atomic E-state index is 0.914. The third-order valence-electron chi connectivity index (χ3n) is 5.03. The number of hydrogen-bond acceptors (Lipinski definition) is 2. The van der Waals surface area contributed by atoms with Crippen LogP contribution in [0.5, 0.6) is 5.75 Å². The number of unbranched alkanes of at least 4 members (excludes halogenated alkanes) is 7. The molecule has 26 heavy (non-hydrogen) atoms. The Bertz CT molecular complexity index is 589. The van der Waals surface area contributed by atoms with E-state index in [0.717, 1.165) is 18.6 Å². The number of benzene rings is 1. The first-order valence-electron chi connectivity index (χ1n) is 10.4. The number of hydrogen-bond donors (Lipinski definition) is 0. The fourth-order valence-electron chi connectivity index (χ4n) is 3.28. The second-order valence-electron chi connectivity index (χ2n) is 7.23. The van der Waals surface area contributed by atoms with Gasteiger partial charge in [0, 0.05) is 11.9 Å². The molecule has 0 N–H and O–H groups in total. The summed E-state index contributed by atoms with van der Waals surface area (Å²) in [5, 5.41) is 0. The van der Waals surface area contributed by atoms with Gasteiger partial charge in [-0.05, 0) is 55.0 Å². The van der Waals surface area contributed by atoms with E-state index < -0.39 is 0 Å². The average molecular weight is 354 g/mol. The predicted molar refractivity (Wildman–Crippen MR) is 111 cm³/mol. The molecule has 0 amide bonds. The monoisotopic (exact) mass is 353 g/mol. The van der Waals surface area contributed by atoms with E-state index in [2.05, 4.69) is 42.4 Å². The lowest BCUT2D eigenvalue weighted by atomic mass is 10.0. The number of rotatable bonds is 13. The summed E-state index contributed by atoms with van der Waals surface area (Å²) in [6.45, 7) is 2.28. The highest BCUT2D eigenvalue weighted by molar-refractivity contribution is 5.27. The van der Waals surface area contributed by atoms with Crippen molar-refractivity contribution < 1.29 is 4.74 Å². The molecular formula is C24H35NO. The molecule has 0 bridgehead atoms. The van der Waals surface area contributed by atoms with Gasteiger partial charge < -0.3 is 4.74 Å². The second-order valence-corrected chi connectivity index (χ2v) is 7.23. The van der Waals surface area contributed by atoms with Crippen molar-refractivity contribution in [1.29, 1.82) is 0 Å². The topological polar surface area (TPSA) is 22.1 Å². The first kappa shape index (κ1) is 20.5. The third-order valence-corrected chi connectivity index (χ3v) is 5.03. The van der Waals surface area contributed by atoms with Crippen LogP contribution >= 0.6 is 0 Å². The minimum atomic E-state index is 0.914. The summed E-state index contributed by atoms with van der Waals surface area (Å²) in [7, 11) is 1.70. The largest absolute Gasteiger partial charge is 0.497 e. The van der Waals surface area contributed by atoms with E-state index in [1.54, 1.807) is 7.11 Å². The van der Waals surface area contributed by atoms with Gasteiger partial charge in [0.2, 0.25) is 0 Å². The fraction of sp³-hybridized carbons (Fsp3) is 0.542. The lowest BCUT2D eigenvalue weighted by molar-refractivity contribution is 0.414. The Hall–Kier alpha value is -1.83. The zero-order valence-electron chi connectivity index (χ0n) is 16.7. The van der Waals surface area contributed by atoms with Gasteiger partial charge in [0.15, 0.2) is 0 Å². The van der Waals surface area contributed by atoms with Gasteiger partial charge in [-0.3, -0.25) is 4.98 Å². The van der Waals surface area contributed by atoms with Gasteiger partial charge >= 0.3 is 0 Å². The Balaban J connectivity index is 1.61. The standard InChI is InChI=1S/C24H35NO/c1-3-4-5-6-7-8-9-10-11-22-13-17-23(25-20-22)16-12-21-14-18-24(26-2)19-15-21/h13-15,17-20H,3-12,16H2,1-2H3. The molecule has 2 aromatic rings. The van der Waals surface area contributed by atoms with Crippen molar-refractivity contribution in [3.05, 3.63) is 59.4 Å². The van der Waals surface area contributed by atoms with Gasteiger partial charge in [-0.2, -0.15) is 0 Å². The van der Waals surface area contributed by atoms with Crippen molar-refractivity contribution >= 4 is 0 Å². The van der Waals surface area contributed by atoms with Crippen LogP contribution in [0.2, 0.25) is 0 Å². The Kier molecular flexibility index (Phi) is 9.86. The third kappa shape index (κ3) is 8.03. The highest BCUT2D eigenvalue weighted by atomic mass is 16.5. The molecule has 2 heteroatoms. The van der Waals surface area contributed by atoms with Crippen LogP contribution in [0.4, 0.5) is 0 Å². The molecule has 0 saturated carbocycles. The van der Waals surface area contributed by atoms with Crippen LogP contribution in [0.15, 0.2) is 42.6 Å². The summed E-state index contributed by atoms with van der Waals surface area (Å²) < 4.78 is 5.20. The molecule has 1 aromatic heterocycles. The Morgan fingerprint density at radius 3 is 1.96 bits per heavy atom.